The molecule has 0 aliphatic carbocycles. The van der Waals surface area contributed by atoms with Crippen molar-refractivity contribution in [2.45, 2.75) is 0 Å². The number of rotatable bonds is 5. The van der Waals surface area contributed by atoms with Gasteiger partial charge in [-0.3, -0.25) is 0 Å². The van der Waals surface area contributed by atoms with Crippen LogP contribution in [0.2, 0.25) is 0 Å². The van der Waals surface area contributed by atoms with Crippen LogP contribution in [0.4, 0.5) is 0 Å². The molecule has 0 N–H and O–H groups in total. The van der Waals surface area contributed by atoms with E-state index in [2.05, 4.69) is 146 Å². The number of benzene rings is 9. The third kappa shape index (κ3) is 5.29. The second kappa shape index (κ2) is 12.8. The third-order valence-corrected chi connectivity index (χ3v) is 11.3. The van der Waals surface area contributed by atoms with Gasteiger partial charge in [-0.2, -0.15) is 0 Å². The van der Waals surface area contributed by atoms with E-state index < -0.39 is 0 Å². The van der Waals surface area contributed by atoms with E-state index in [4.69, 9.17) is 23.8 Å². The van der Waals surface area contributed by atoms with E-state index >= 15 is 0 Å². The van der Waals surface area contributed by atoms with Gasteiger partial charge in [-0.1, -0.05) is 152 Å². The van der Waals surface area contributed by atoms with Gasteiger partial charge in [0.05, 0.1) is 0 Å². The first-order chi connectivity index (χ1) is 28.7. The van der Waals surface area contributed by atoms with Gasteiger partial charge in [0.1, 0.15) is 22.3 Å². The molecule has 0 unspecified atom stereocenters. The molecule has 58 heavy (non-hydrogen) atoms. The molecule has 0 radical (unpaired) electrons. The lowest BCUT2D eigenvalue weighted by Gasteiger charge is -2.11. The maximum absolute atomic E-state index is 6.27. The first-order valence-corrected chi connectivity index (χ1v) is 19.4. The molecule has 0 fully saturated rings. The smallest absolute Gasteiger partial charge is 0.164 e. The fraction of sp³-hybridized carbons (Fsp3) is 0. The molecule has 0 saturated heterocycles. The van der Waals surface area contributed by atoms with Gasteiger partial charge in [0.15, 0.2) is 17.5 Å². The lowest BCUT2D eigenvalue weighted by Crippen LogP contribution is -2.00. The standard InChI is InChI=1S/C53H31N3O2/c1-2-9-37-30-38(25-20-32(37)8-1)33-16-21-35(22-17-33)51-54-52(56-53(55-51)44-12-7-15-47-50(44)43-11-4-6-14-46(43)57-47)36-23-18-34(19-24-36)39-26-28-41-40(31-39)27-29-48-49(41)42-10-3-5-13-45(42)58-48/h1-31H. The normalized spacial score (nSPS) is 11.8. The van der Waals surface area contributed by atoms with Crippen molar-refractivity contribution in [3.63, 3.8) is 0 Å². The monoisotopic (exact) mass is 741 g/mol. The van der Waals surface area contributed by atoms with E-state index in [0.29, 0.717) is 17.5 Å². The van der Waals surface area contributed by atoms with Gasteiger partial charge >= 0.3 is 0 Å². The summed E-state index contributed by atoms with van der Waals surface area (Å²) >= 11 is 0. The molecular formula is C53H31N3O2. The van der Waals surface area contributed by atoms with Gasteiger partial charge in [-0.25, -0.2) is 15.0 Å². The van der Waals surface area contributed by atoms with Crippen molar-refractivity contribution >= 4 is 65.4 Å². The Morgan fingerprint density at radius 1 is 0.276 bits per heavy atom. The molecule has 0 amide bonds. The Labute approximate surface area is 332 Å². The van der Waals surface area contributed by atoms with Crippen LogP contribution in [-0.2, 0) is 0 Å². The molecule has 0 saturated carbocycles. The molecule has 3 heterocycles. The number of furan rings is 2. The van der Waals surface area contributed by atoms with Crippen LogP contribution in [0.5, 0.6) is 0 Å². The van der Waals surface area contributed by atoms with Crippen molar-refractivity contribution in [1.29, 1.82) is 0 Å². The molecule has 270 valence electrons. The zero-order chi connectivity index (χ0) is 38.2. The molecule has 5 heteroatoms. The van der Waals surface area contributed by atoms with Crippen LogP contribution in [0.15, 0.2) is 197 Å². The Balaban J connectivity index is 0.957. The molecule has 0 aliphatic heterocycles. The topological polar surface area (TPSA) is 65.0 Å². The molecule has 9 aromatic carbocycles. The molecule has 0 spiro atoms. The number of nitrogens with zero attached hydrogens (tertiary/aromatic N) is 3. The van der Waals surface area contributed by atoms with Gasteiger partial charge in [0, 0.05) is 38.2 Å². The minimum atomic E-state index is 0.590. The van der Waals surface area contributed by atoms with E-state index in [1.807, 2.05) is 42.5 Å². The average Bonchev–Trinajstić information content (AvgIpc) is 3.88. The summed E-state index contributed by atoms with van der Waals surface area (Å²) in [5.74, 6) is 1.79. The molecule has 3 aromatic heterocycles. The fourth-order valence-electron chi connectivity index (χ4n) is 8.44. The summed E-state index contributed by atoms with van der Waals surface area (Å²) in [4.78, 5) is 15.4. The van der Waals surface area contributed by atoms with Crippen LogP contribution in [0.1, 0.15) is 0 Å². The van der Waals surface area contributed by atoms with Gasteiger partial charge in [-0.05, 0) is 80.2 Å². The number of fused-ring (bicyclic) bond motifs is 9. The van der Waals surface area contributed by atoms with Gasteiger partial charge in [-0.15, -0.1) is 0 Å². The Kier molecular flexibility index (Phi) is 7.16. The first-order valence-electron chi connectivity index (χ1n) is 19.4. The Morgan fingerprint density at radius 3 is 1.45 bits per heavy atom. The highest BCUT2D eigenvalue weighted by Crippen LogP contribution is 2.39. The molecule has 0 aliphatic rings. The molecule has 0 atom stereocenters. The molecular weight excluding hydrogens is 711 g/mol. The van der Waals surface area contributed by atoms with E-state index in [0.717, 1.165) is 82.8 Å². The van der Waals surface area contributed by atoms with Gasteiger partial charge in [0.25, 0.3) is 0 Å². The lowest BCUT2D eigenvalue weighted by molar-refractivity contribution is 0.668. The third-order valence-electron chi connectivity index (χ3n) is 11.3. The van der Waals surface area contributed by atoms with Crippen molar-refractivity contribution in [2.24, 2.45) is 0 Å². The predicted octanol–water partition coefficient (Wildman–Crippen LogP) is 14.3. The van der Waals surface area contributed by atoms with Crippen molar-refractivity contribution in [2.75, 3.05) is 0 Å². The summed E-state index contributed by atoms with van der Waals surface area (Å²) in [7, 11) is 0. The zero-order valence-corrected chi connectivity index (χ0v) is 31.1. The Morgan fingerprint density at radius 2 is 0.759 bits per heavy atom. The number of aromatic nitrogens is 3. The zero-order valence-electron chi connectivity index (χ0n) is 31.1. The van der Waals surface area contributed by atoms with E-state index in [9.17, 15) is 0 Å². The molecule has 5 nitrogen and oxygen atoms in total. The van der Waals surface area contributed by atoms with Crippen LogP contribution in [0.25, 0.3) is 122 Å². The predicted molar refractivity (Wildman–Crippen MR) is 237 cm³/mol. The quantitative estimate of drug-likeness (QED) is 0.176. The van der Waals surface area contributed by atoms with Crippen molar-refractivity contribution in [3.05, 3.63) is 188 Å². The van der Waals surface area contributed by atoms with Crippen LogP contribution < -0.4 is 0 Å². The number of para-hydroxylation sites is 2. The Bertz CT molecular complexity index is 3560. The van der Waals surface area contributed by atoms with Crippen molar-refractivity contribution in [1.82, 2.24) is 15.0 Å². The van der Waals surface area contributed by atoms with E-state index in [1.54, 1.807) is 0 Å². The molecule has 12 rings (SSSR count). The van der Waals surface area contributed by atoms with Crippen LogP contribution >= 0.6 is 0 Å². The summed E-state index contributed by atoms with van der Waals surface area (Å²) in [5.41, 5.74) is 10.7. The first kappa shape index (κ1) is 32.4. The minimum Gasteiger partial charge on any atom is -0.456 e. The van der Waals surface area contributed by atoms with E-state index in [-0.39, 0.29) is 0 Å². The summed E-state index contributed by atoms with van der Waals surface area (Å²) in [5, 5.41) is 9.08. The molecule has 12 aromatic rings. The van der Waals surface area contributed by atoms with Crippen LogP contribution in [0.3, 0.4) is 0 Å². The lowest BCUT2D eigenvalue weighted by atomic mass is 9.97. The highest BCUT2D eigenvalue weighted by atomic mass is 16.3. The van der Waals surface area contributed by atoms with Gasteiger partial charge < -0.3 is 8.83 Å². The van der Waals surface area contributed by atoms with E-state index in [1.165, 1.54) is 21.5 Å². The van der Waals surface area contributed by atoms with Crippen LogP contribution in [0, 0.1) is 0 Å². The largest absolute Gasteiger partial charge is 0.456 e. The average molecular weight is 742 g/mol. The SMILES string of the molecule is c1ccc2cc(-c3ccc(-c4nc(-c5ccc(-c6ccc7c(ccc8oc9ccccc9c87)c6)cc5)nc(-c5cccc6oc7ccccc7c56)n4)cc3)ccc2c1. The maximum atomic E-state index is 6.27. The second-order valence-electron chi connectivity index (χ2n) is 14.8. The number of hydrogen-bond acceptors (Lipinski definition) is 5. The number of hydrogen-bond donors (Lipinski definition) is 0. The second-order valence-corrected chi connectivity index (χ2v) is 14.8. The summed E-state index contributed by atoms with van der Waals surface area (Å²) < 4.78 is 12.4. The van der Waals surface area contributed by atoms with Crippen molar-refractivity contribution < 1.29 is 8.83 Å². The van der Waals surface area contributed by atoms with Crippen molar-refractivity contribution in [3.8, 4) is 56.4 Å². The molecule has 0 bridgehead atoms. The fourth-order valence-corrected chi connectivity index (χ4v) is 8.44. The Hall–Kier alpha value is -7.89. The minimum absolute atomic E-state index is 0.590. The highest BCUT2D eigenvalue weighted by Gasteiger charge is 2.18. The van der Waals surface area contributed by atoms with Gasteiger partial charge in [0.2, 0.25) is 0 Å². The van der Waals surface area contributed by atoms with Crippen LogP contribution in [-0.4, -0.2) is 15.0 Å². The maximum Gasteiger partial charge on any atom is 0.164 e. The summed E-state index contributed by atoms with van der Waals surface area (Å²) in [6, 6.07) is 65.3. The summed E-state index contributed by atoms with van der Waals surface area (Å²) in [6.07, 6.45) is 0. The summed E-state index contributed by atoms with van der Waals surface area (Å²) in [6.45, 7) is 0. The highest BCUT2D eigenvalue weighted by molar-refractivity contribution is 6.19.